The second kappa shape index (κ2) is 8.27. The molecule has 0 atom stereocenters. The molecule has 1 fully saturated rings. The summed E-state index contributed by atoms with van der Waals surface area (Å²) < 4.78 is 13.1. The summed E-state index contributed by atoms with van der Waals surface area (Å²) in [6.45, 7) is 5.26. The fourth-order valence-corrected chi connectivity index (χ4v) is 5.14. The molecular formula is C24H27N5O5. The Hall–Kier alpha value is -3.69. The monoisotopic (exact) mass is 465 g/mol. The van der Waals surface area contributed by atoms with Crippen molar-refractivity contribution in [2.24, 2.45) is 0 Å². The SMILES string of the molecule is COc1ccc(Cn2nc3n(c(=O)c2=O)CCC32CCN(C(=O)c3c(C)noc3C)CC2)cc1. The number of aromatic nitrogens is 4. The van der Waals surface area contributed by atoms with Crippen LogP contribution >= 0.6 is 0 Å². The van der Waals surface area contributed by atoms with Gasteiger partial charge in [0.05, 0.1) is 19.3 Å². The van der Waals surface area contributed by atoms with Crippen molar-refractivity contribution in [1.82, 2.24) is 24.4 Å². The molecule has 0 unspecified atom stereocenters. The molecule has 178 valence electrons. The van der Waals surface area contributed by atoms with Crippen LogP contribution in [0.25, 0.3) is 0 Å². The second-order valence-electron chi connectivity index (χ2n) is 9.11. The van der Waals surface area contributed by atoms with Crippen molar-refractivity contribution >= 4 is 5.91 Å². The predicted molar refractivity (Wildman–Crippen MR) is 122 cm³/mol. The third-order valence-electron chi connectivity index (χ3n) is 7.17. The highest BCUT2D eigenvalue weighted by atomic mass is 16.5. The van der Waals surface area contributed by atoms with Crippen LogP contribution in [0.15, 0.2) is 38.4 Å². The third-order valence-corrected chi connectivity index (χ3v) is 7.17. The van der Waals surface area contributed by atoms with Crippen LogP contribution in [0.5, 0.6) is 5.75 Å². The Bertz CT molecular complexity index is 1340. The summed E-state index contributed by atoms with van der Waals surface area (Å²) in [5.74, 6) is 1.80. The summed E-state index contributed by atoms with van der Waals surface area (Å²) in [5.41, 5.74) is 0.471. The van der Waals surface area contributed by atoms with Gasteiger partial charge in [0.25, 0.3) is 5.91 Å². The molecule has 10 nitrogen and oxygen atoms in total. The zero-order valence-corrected chi connectivity index (χ0v) is 19.5. The predicted octanol–water partition coefficient (Wildman–Crippen LogP) is 1.64. The Morgan fingerprint density at radius 1 is 1.06 bits per heavy atom. The number of hydrogen-bond acceptors (Lipinski definition) is 7. The molecule has 5 rings (SSSR count). The maximum Gasteiger partial charge on any atom is 0.332 e. The minimum atomic E-state index is -0.623. The van der Waals surface area contributed by atoms with Crippen LogP contribution in [-0.2, 0) is 18.5 Å². The van der Waals surface area contributed by atoms with Crippen LogP contribution < -0.4 is 15.9 Å². The van der Waals surface area contributed by atoms with E-state index in [1.54, 1.807) is 21.0 Å². The van der Waals surface area contributed by atoms with Crippen molar-refractivity contribution in [1.29, 1.82) is 0 Å². The van der Waals surface area contributed by atoms with Gasteiger partial charge in [-0.15, -0.1) is 0 Å². The summed E-state index contributed by atoms with van der Waals surface area (Å²) in [6.07, 6.45) is 2.08. The lowest BCUT2D eigenvalue weighted by Gasteiger charge is -2.38. The molecular weight excluding hydrogens is 438 g/mol. The van der Waals surface area contributed by atoms with Gasteiger partial charge in [-0.05, 0) is 50.8 Å². The first-order valence-electron chi connectivity index (χ1n) is 11.4. The molecule has 0 aliphatic carbocycles. The molecule has 0 N–H and O–H groups in total. The van der Waals surface area contributed by atoms with E-state index in [-0.39, 0.29) is 17.9 Å². The first kappa shape index (κ1) is 22.1. The van der Waals surface area contributed by atoms with E-state index in [0.717, 1.165) is 17.7 Å². The van der Waals surface area contributed by atoms with E-state index in [0.29, 0.717) is 55.3 Å². The lowest BCUT2D eigenvalue weighted by Crippen LogP contribution is -2.48. The maximum absolute atomic E-state index is 13.1. The number of carbonyl (C=O) groups is 1. The highest BCUT2D eigenvalue weighted by Gasteiger charge is 2.45. The number of nitrogens with zero attached hydrogens (tertiary/aromatic N) is 5. The Morgan fingerprint density at radius 3 is 2.35 bits per heavy atom. The lowest BCUT2D eigenvalue weighted by molar-refractivity contribution is 0.0659. The molecule has 34 heavy (non-hydrogen) atoms. The minimum absolute atomic E-state index is 0.0843. The molecule has 0 bridgehead atoms. The van der Waals surface area contributed by atoms with Gasteiger partial charge in [-0.2, -0.15) is 5.10 Å². The molecule has 1 spiro atoms. The summed E-state index contributed by atoms with van der Waals surface area (Å²) >= 11 is 0. The number of benzene rings is 1. The lowest BCUT2D eigenvalue weighted by atomic mass is 9.76. The quantitative estimate of drug-likeness (QED) is 0.539. The molecule has 2 aromatic heterocycles. The molecule has 0 radical (unpaired) electrons. The second-order valence-corrected chi connectivity index (χ2v) is 9.11. The summed E-state index contributed by atoms with van der Waals surface area (Å²) in [7, 11) is 1.59. The van der Waals surface area contributed by atoms with Crippen LogP contribution in [0.1, 0.15) is 52.5 Å². The van der Waals surface area contributed by atoms with E-state index in [4.69, 9.17) is 9.26 Å². The number of ether oxygens (including phenoxy) is 1. The highest BCUT2D eigenvalue weighted by molar-refractivity contribution is 5.96. The number of rotatable bonds is 4. The van der Waals surface area contributed by atoms with E-state index in [1.807, 2.05) is 29.2 Å². The Balaban J connectivity index is 1.41. The van der Waals surface area contributed by atoms with Gasteiger partial charge < -0.3 is 14.2 Å². The van der Waals surface area contributed by atoms with Gasteiger partial charge in [0.15, 0.2) is 0 Å². The van der Waals surface area contributed by atoms with Gasteiger partial charge in [0.2, 0.25) is 0 Å². The zero-order valence-electron chi connectivity index (χ0n) is 19.5. The largest absolute Gasteiger partial charge is 0.497 e. The van der Waals surface area contributed by atoms with Crippen LogP contribution in [0.4, 0.5) is 0 Å². The van der Waals surface area contributed by atoms with Gasteiger partial charge in [-0.25, -0.2) is 4.68 Å². The van der Waals surface area contributed by atoms with Gasteiger partial charge >= 0.3 is 11.1 Å². The van der Waals surface area contributed by atoms with Crippen molar-refractivity contribution in [3.05, 3.63) is 73.4 Å². The van der Waals surface area contributed by atoms with E-state index in [2.05, 4.69) is 10.3 Å². The molecule has 1 aromatic carbocycles. The number of methoxy groups -OCH3 is 1. The van der Waals surface area contributed by atoms with E-state index in [1.165, 1.54) is 9.25 Å². The van der Waals surface area contributed by atoms with Crippen molar-refractivity contribution in [2.75, 3.05) is 20.2 Å². The van der Waals surface area contributed by atoms with Crippen LogP contribution in [0.2, 0.25) is 0 Å². The number of piperidine rings is 1. The fraction of sp³-hybridized carbons (Fsp3) is 0.458. The topological polar surface area (TPSA) is 112 Å². The van der Waals surface area contributed by atoms with Crippen molar-refractivity contribution < 1.29 is 14.1 Å². The molecule has 2 aliphatic heterocycles. The maximum atomic E-state index is 13.1. The van der Waals surface area contributed by atoms with Crippen molar-refractivity contribution in [2.45, 2.75) is 51.6 Å². The third kappa shape index (κ3) is 3.53. The van der Waals surface area contributed by atoms with Crippen molar-refractivity contribution in [3.8, 4) is 5.75 Å². The molecule has 3 aromatic rings. The average molecular weight is 466 g/mol. The summed E-state index contributed by atoms with van der Waals surface area (Å²) in [4.78, 5) is 40.5. The molecule has 1 saturated heterocycles. The van der Waals surface area contributed by atoms with Gasteiger partial charge in [-0.3, -0.25) is 19.0 Å². The van der Waals surface area contributed by atoms with Crippen LogP contribution in [-0.4, -0.2) is 50.5 Å². The van der Waals surface area contributed by atoms with E-state index in [9.17, 15) is 14.4 Å². The standard InChI is InChI=1S/C24H27N5O5/c1-15-19(16(2)34-26-15)20(30)27-11-8-24(9-12-27)10-13-28-21(31)22(32)29(25-23(24)28)14-17-4-6-18(33-3)7-5-17/h4-7H,8-14H2,1-3H3. The van der Waals surface area contributed by atoms with Crippen LogP contribution in [0.3, 0.4) is 0 Å². The molecule has 4 heterocycles. The summed E-state index contributed by atoms with van der Waals surface area (Å²) in [5, 5.41) is 8.58. The Kier molecular flexibility index (Phi) is 5.38. The molecule has 2 aliphatic rings. The number of fused-ring (bicyclic) bond motifs is 2. The average Bonchev–Trinajstić information content (AvgIpc) is 3.37. The normalized spacial score (nSPS) is 16.6. The highest BCUT2D eigenvalue weighted by Crippen LogP contribution is 2.41. The summed E-state index contributed by atoms with van der Waals surface area (Å²) in [6, 6.07) is 7.33. The molecule has 1 amide bonds. The van der Waals surface area contributed by atoms with E-state index >= 15 is 0 Å². The Labute approximate surface area is 195 Å². The molecule has 0 saturated carbocycles. The number of hydrogen-bond donors (Lipinski definition) is 0. The van der Waals surface area contributed by atoms with Gasteiger partial charge in [0, 0.05) is 25.0 Å². The van der Waals surface area contributed by atoms with Gasteiger partial charge in [0.1, 0.15) is 22.9 Å². The minimum Gasteiger partial charge on any atom is -0.497 e. The first-order valence-corrected chi connectivity index (χ1v) is 11.4. The number of aryl methyl sites for hydroxylation is 2. The fourth-order valence-electron chi connectivity index (χ4n) is 5.14. The number of amides is 1. The Morgan fingerprint density at radius 2 is 1.74 bits per heavy atom. The molecule has 10 heteroatoms. The number of carbonyl (C=O) groups excluding carboxylic acids is 1. The van der Waals surface area contributed by atoms with Crippen LogP contribution in [0, 0.1) is 13.8 Å². The first-order chi connectivity index (χ1) is 16.3. The smallest absolute Gasteiger partial charge is 0.332 e. The van der Waals surface area contributed by atoms with E-state index < -0.39 is 11.1 Å². The van der Waals surface area contributed by atoms with Gasteiger partial charge in [-0.1, -0.05) is 17.3 Å². The van der Waals surface area contributed by atoms with Crippen molar-refractivity contribution in [3.63, 3.8) is 0 Å². The zero-order chi connectivity index (χ0) is 24.0. The number of likely N-dealkylation sites (tertiary alicyclic amines) is 1.